The van der Waals surface area contributed by atoms with Crippen LogP contribution < -0.4 is 5.73 Å². The first-order valence-corrected chi connectivity index (χ1v) is 7.28. The van der Waals surface area contributed by atoms with E-state index in [1.807, 2.05) is 0 Å². The summed E-state index contributed by atoms with van der Waals surface area (Å²) in [5.74, 6) is 0. The van der Waals surface area contributed by atoms with E-state index < -0.39 is 0 Å². The molecule has 1 aliphatic rings. The smallest absolute Gasteiger partial charge is 0.0458 e. The van der Waals surface area contributed by atoms with Crippen LogP contribution in [0.3, 0.4) is 0 Å². The number of piperidine rings is 1. The van der Waals surface area contributed by atoms with E-state index in [9.17, 15) is 0 Å². The largest absolute Gasteiger partial charge is 0.358 e. The van der Waals surface area contributed by atoms with Gasteiger partial charge in [0, 0.05) is 29.2 Å². The number of aromatic amines is 1. The summed E-state index contributed by atoms with van der Waals surface area (Å²) in [6, 6.07) is 9.02. The van der Waals surface area contributed by atoms with Crippen LogP contribution in [0.5, 0.6) is 0 Å². The van der Waals surface area contributed by atoms with E-state index in [0.29, 0.717) is 6.04 Å². The Kier molecular flexibility index (Phi) is 3.58. The standard InChI is InChI=1S/C16H23N3/c1-12-14(15-4-2-3-5-16(15)18-12)8-11-19-9-6-13(17)7-10-19/h2-5,13,18H,6-11,17H2,1H3. The maximum absolute atomic E-state index is 5.95. The van der Waals surface area contributed by atoms with Crippen LogP contribution in [0.25, 0.3) is 10.9 Å². The molecule has 0 saturated carbocycles. The Bertz CT molecular complexity index is 550. The van der Waals surface area contributed by atoms with Gasteiger partial charge in [-0.2, -0.15) is 0 Å². The van der Waals surface area contributed by atoms with Gasteiger partial charge in [-0.05, 0) is 50.9 Å². The van der Waals surface area contributed by atoms with E-state index in [1.165, 1.54) is 22.2 Å². The molecule has 0 bridgehead atoms. The van der Waals surface area contributed by atoms with Crippen molar-refractivity contribution in [1.82, 2.24) is 9.88 Å². The number of para-hydroxylation sites is 1. The van der Waals surface area contributed by atoms with Gasteiger partial charge < -0.3 is 15.6 Å². The summed E-state index contributed by atoms with van der Waals surface area (Å²) in [6.45, 7) is 5.64. The van der Waals surface area contributed by atoms with Crippen molar-refractivity contribution in [2.45, 2.75) is 32.2 Å². The summed E-state index contributed by atoms with van der Waals surface area (Å²) >= 11 is 0. The van der Waals surface area contributed by atoms with Crippen LogP contribution in [0.1, 0.15) is 24.1 Å². The average Bonchev–Trinajstić information content (AvgIpc) is 2.74. The molecule has 0 aliphatic carbocycles. The second-order valence-electron chi connectivity index (χ2n) is 5.70. The molecule has 0 unspecified atom stereocenters. The van der Waals surface area contributed by atoms with Gasteiger partial charge in [0.2, 0.25) is 0 Å². The molecule has 102 valence electrons. The predicted molar refractivity (Wildman–Crippen MR) is 80.4 cm³/mol. The lowest BCUT2D eigenvalue weighted by Crippen LogP contribution is -2.40. The fourth-order valence-corrected chi connectivity index (χ4v) is 3.10. The second-order valence-corrected chi connectivity index (χ2v) is 5.70. The van der Waals surface area contributed by atoms with Gasteiger partial charge in [-0.1, -0.05) is 18.2 Å². The average molecular weight is 257 g/mol. The fraction of sp³-hybridized carbons (Fsp3) is 0.500. The Morgan fingerprint density at radius 2 is 2.00 bits per heavy atom. The van der Waals surface area contributed by atoms with Crippen LogP contribution in [0.2, 0.25) is 0 Å². The molecule has 19 heavy (non-hydrogen) atoms. The molecule has 0 amide bonds. The molecule has 0 radical (unpaired) electrons. The number of fused-ring (bicyclic) bond motifs is 1. The summed E-state index contributed by atoms with van der Waals surface area (Å²) < 4.78 is 0. The van der Waals surface area contributed by atoms with E-state index in [-0.39, 0.29) is 0 Å². The number of aryl methyl sites for hydroxylation is 1. The van der Waals surface area contributed by atoms with Crippen LogP contribution in [-0.2, 0) is 6.42 Å². The highest BCUT2D eigenvalue weighted by atomic mass is 15.1. The van der Waals surface area contributed by atoms with Gasteiger partial charge in [0.15, 0.2) is 0 Å². The van der Waals surface area contributed by atoms with Gasteiger partial charge in [-0.25, -0.2) is 0 Å². The van der Waals surface area contributed by atoms with Crippen molar-refractivity contribution in [3.63, 3.8) is 0 Å². The van der Waals surface area contributed by atoms with E-state index in [2.05, 4.69) is 41.1 Å². The molecule has 1 aromatic carbocycles. The van der Waals surface area contributed by atoms with Crippen LogP contribution in [-0.4, -0.2) is 35.6 Å². The first-order valence-electron chi connectivity index (χ1n) is 7.28. The molecule has 1 saturated heterocycles. The Balaban J connectivity index is 1.70. The number of aromatic nitrogens is 1. The lowest BCUT2D eigenvalue weighted by Gasteiger charge is -2.30. The minimum atomic E-state index is 0.422. The van der Waals surface area contributed by atoms with Crippen molar-refractivity contribution in [2.24, 2.45) is 5.73 Å². The molecular weight excluding hydrogens is 234 g/mol. The predicted octanol–water partition coefficient (Wildman–Crippen LogP) is 2.44. The van der Waals surface area contributed by atoms with Crippen molar-refractivity contribution in [1.29, 1.82) is 0 Å². The lowest BCUT2D eigenvalue weighted by atomic mass is 10.0. The quantitative estimate of drug-likeness (QED) is 0.887. The van der Waals surface area contributed by atoms with Gasteiger partial charge in [-0.15, -0.1) is 0 Å². The van der Waals surface area contributed by atoms with Gasteiger partial charge >= 0.3 is 0 Å². The SMILES string of the molecule is Cc1[nH]c2ccccc2c1CCN1CCC(N)CC1. The van der Waals surface area contributed by atoms with Crippen molar-refractivity contribution in [3.05, 3.63) is 35.5 Å². The minimum Gasteiger partial charge on any atom is -0.358 e. The monoisotopic (exact) mass is 257 g/mol. The third kappa shape index (κ3) is 2.67. The van der Waals surface area contributed by atoms with E-state index in [4.69, 9.17) is 5.73 Å². The number of benzene rings is 1. The van der Waals surface area contributed by atoms with Crippen LogP contribution in [0.15, 0.2) is 24.3 Å². The number of rotatable bonds is 3. The number of hydrogen-bond acceptors (Lipinski definition) is 2. The summed E-state index contributed by atoms with van der Waals surface area (Å²) in [7, 11) is 0. The van der Waals surface area contributed by atoms with Crippen LogP contribution >= 0.6 is 0 Å². The number of nitrogens with zero attached hydrogens (tertiary/aromatic N) is 1. The molecule has 2 heterocycles. The van der Waals surface area contributed by atoms with E-state index >= 15 is 0 Å². The van der Waals surface area contributed by atoms with Crippen LogP contribution in [0, 0.1) is 6.92 Å². The molecular formula is C16H23N3. The van der Waals surface area contributed by atoms with Gasteiger partial charge in [0.1, 0.15) is 0 Å². The Labute approximate surface area is 114 Å². The first-order chi connectivity index (χ1) is 9.24. The fourth-order valence-electron chi connectivity index (χ4n) is 3.10. The Hall–Kier alpha value is -1.32. The maximum Gasteiger partial charge on any atom is 0.0458 e. The second kappa shape index (κ2) is 5.35. The number of nitrogens with one attached hydrogen (secondary N) is 1. The number of likely N-dealkylation sites (tertiary alicyclic amines) is 1. The molecule has 3 nitrogen and oxygen atoms in total. The molecule has 2 aromatic rings. The van der Waals surface area contributed by atoms with Crippen LogP contribution in [0.4, 0.5) is 0 Å². The highest BCUT2D eigenvalue weighted by Crippen LogP contribution is 2.22. The van der Waals surface area contributed by atoms with E-state index in [1.54, 1.807) is 0 Å². The van der Waals surface area contributed by atoms with Gasteiger partial charge in [-0.3, -0.25) is 0 Å². The third-order valence-electron chi connectivity index (χ3n) is 4.34. The molecule has 3 rings (SSSR count). The molecule has 1 fully saturated rings. The Morgan fingerprint density at radius 1 is 1.26 bits per heavy atom. The zero-order chi connectivity index (χ0) is 13.2. The molecule has 3 N–H and O–H groups in total. The van der Waals surface area contributed by atoms with Crippen molar-refractivity contribution in [3.8, 4) is 0 Å². The minimum absolute atomic E-state index is 0.422. The summed E-state index contributed by atoms with van der Waals surface area (Å²) in [6.07, 6.45) is 3.42. The number of H-pyrrole nitrogens is 1. The van der Waals surface area contributed by atoms with Gasteiger partial charge in [0.05, 0.1) is 0 Å². The normalized spacial score (nSPS) is 18.2. The van der Waals surface area contributed by atoms with Crippen molar-refractivity contribution < 1.29 is 0 Å². The van der Waals surface area contributed by atoms with Crippen molar-refractivity contribution >= 4 is 10.9 Å². The molecule has 0 atom stereocenters. The Morgan fingerprint density at radius 3 is 2.79 bits per heavy atom. The lowest BCUT2D eigenvalue weighted by molar-refractivity contribution is 0.215. The van der Waals surface area contributed by atoms with Crippen molar-refractivity contribution in [2.75, 3.05) is 19.6 Å². The molecule has 1 aromatic heterocycles. The summed E-state index contributed by atoms with van der Waals surface area (Å²) in [5, 5.41) is 1.38. The first kappa shape index (κ1) is 12.7. The highest BCUT2D eigenvalue weighted by Gasteiger charge is 2.16. The maximum atomic E-state index is 5.95. The molecule has 1 aliphatic heterocycles. The topological polar surface area (TPSA) is 45.0 Å². The zero-order valence-electron chi connectivity index (χ0n) is 11.7. The van der Waals surface area contributed by atoms with Gasteiger partial charge in [0.25, 0.3) is 0 Å². The zero-order valence-corrected chi connectivity index (χ0v) is 11.7. The summed E-state index contributed by atoms with van der Waals surface area (Å²) in [4.78, 5) is 6.03. The molecule has 0 spiro atoms. The molecule has 3 heteroatoms. The number of hydrogen-bond donors (Lipinski definition) is 2. The third-order valence-corrected chi connectivity index (χ3v) is 4.34. The summed E-state index contributed by atoms with van der Waals surface area (Å²) in [5.41, 5.74) is 10.0. The number of nitrogens with two attached hydrogens (primary N) is 1. The van der Waals surface area contributed by atoms with E-state index in [0.717, 1.165) is 38.9 Å². The highest BCUT2D eigenvalue weighted by molar-refractivity contribution is 5.84.